The van der Waals surface area contributed by atoms with Gasteiger partial charge in [-0.2, -0.15) is 0 Å². The first-order valence-corrected chi connectivity index (χ1v) is 7.52. The lowest BCUT2D eigenvalue weighted by Gasteiger charge is -2.27. The van der Waals surface area contributed by atoms with Gasteiger partial charge in [-0.3, -0.25) is 0 Å². The Morgan fingerprint density at radius 3 is 2.70 bits per heavy atom. The van der Waals surface area contributed by atoms with E-state index in [-0.39, 0.29) is 17.3 Å². The van der Waals surface area contributed by atoms with E-state index in [4.69, 9.17) is 9.47 Å². The van der Waals surface area contributed by atoms with Crippen molar-refractivity contribution in [1.82, 2.24) is 0 Å². The Morgan fingerprint density at radius 1 is 1.30 bits per heavy atom. The Hall–Kier alpha value is -1.12. The number of aryl methyl sites for hydroxylation is 1. The molecule has 0 aromatic heterocycles. The predicted molar refractivity (Wildman–Crippen MR) is 80.6 cm³/mol. The smallest absolute Gasteiger partial charge is 0.111 e. The third-order valence-corrected chi connectivity index (χ3v) is 4.93. The van der Waals surface area contributed by atoms with E-state index in [1.807, 2.05) is 0 Å². The number of hydrogen-bond acceptors (Lipinski definition) is 2. The van der Waals surface area contributed by atoms with Crippen molar-refractivity contribution < 1.29 is 9.47 Å². The van der Waals surface area contributed by atoms with Gasteiger partial charge in [0.05, 0.1) is 18.3 Å². The summed E-state index contributed by atoms with van der Waals surface area (Å²) >= 11 is 0. The first-order chi connectivity index (χ1) is 9.45. The molecule has 0 amide bonds. The van der Waals surface area contributed by atoms with Crippen LogP contribution in [0.2, 0.25) is 0 Å². The molecule has 0 N–H and O–H groups in total. The van der Waals surface area contributed by atoms with Crippen LogP contribution in [0.15, 0.2) is 36.4 Å². The van der Waals surface area contributed by atoms with Crippen LogP contribution in [0.5, 0.6) is 0 Å². The van der Waals surface area contributed by atoms with E-state index >= 15 is 0 Å². The van der Waals surface area contributed by atoms with Gasteiger partial charge in [0, 0.05) is 6.42 Å². The summed E-state index contributed by atoms with van der Waals surface area (Å²) in [5, 5.41) is 0. The second-order valence-corrected chi connectivity index (χ2v) is 6.66. The van der Waals surface area contributed by atoms with Crippen molar-refractivity contribution in [2.75, 3.05) is 0 Å². The van der Waals surface area contributed by atoms with Crippen LogP contribution in [-0.2, 0) is 16.1 Å². The predicted octanol–water partition coefficient (Wildman–Crippen LogP) is 4.02. The molecular formula is C18H24O2. The average molecular weight is 272 g/mol. The van der Waals surface area contributed by atoms with Gasteiger partial charge in [-0.25, -0.2) is 0 Å². The molecule has 0 saturated carbocycles. The lowest BCUT2D eigenvalue weighted by atomic mass is 9.81. The molecule has 1 aromatic rings. The minimum Gasteiger partial charge on any atom is -0.370 e. The normalized spacial score (nSPS) is 35.1. The maximum atomic E-state index is 6.30. The van der Waals surface area contributed by atoms with Gasteiger partial charge in [0.15, 0.2) is 0 Å². The molecule has 1 fully saturated rings. The van der Waals surface area contributed by atoms with Crippen molar-refractivity contribution in [1.29, 1.82) is 0 Å². The monoisotopic (exact) mass is 272 g/mol. The van der Waals surface area contributed by atoms with Crippen LogP contribution in [0.1, 0.15) is 38.3 Å². The summed E-state index contributed by atoms with van der Waals surface area (Å²) in [6, 6.07) is 8.41. The Morgan fingerprint density at radius 2 is 2.05 bits per heavy atom. The highest BCUT2D eigenvalue weighted by Crippen LogP contribution is 2.50. The van der Waals surface area contributed by atoms with Crippen molar-refractivity contribution in [2.24, 2.45) is 5.92 Å². The van der Waals surface area contributed by atoms with Crippen LogP contribution < -0.4 is 0 Å². The zero-order valence-electron chi connectivity index (χ0n) is 12.8. The molecule has 1 saturated heterocycles. The highest BCUT2D eigenvalue weighted by molar-refractivity contribution is 5.28. The van der Waals surface area contributed by atoms with E-state index in [9.17, 15) is 0 Å². The fourth-order valence-electron chi connectivity index (χ4n) is 3.29. The fourth-order valence-corrected chi connectivity index (χ4v) is 3.29. The zero-order chi connectivity index (χ0) is 14.4. The number of ether oxygens (including phenoxy) is 2. The summed E-state index contributed by atoms with van der Waals surface area (Å²) in [6.07, 6.45) is 5.54. The van der Waals surface area contributed by atoms with Gasteiger partial charge in [0.25, 0.3) is 0 Å². The van der Waals surface area contributed by atoms with Crippen molar-refractivity contribution in [2.45, 2.75) is 58.0 Å². The standard InChI is InChI=1S/C18H24O2/c1-13(2)18-10-9-17(4,20-18)16(11-18)19-12-15-8-6-5-7-14(15)3/h5-10,13,16H,11-12H2,1-4H3/t16-,17+,18-/m0/s1. The molecule has 2 aliphatic rings. The Labute approximate surface area is 121 Å². The number of fused-ring (bicyclic) bond motifs is 2. The molecule has 0 aliphatic carbocycles. The van der Waals surface area contributed by atoms with E-state index in [2.05, 4.69) is 64.1 Å². The summed E-state index contributed by atoms with van der Waals surface area (Å²) in [4.78, 5) is 0. The SMILES string of the molecule is Cc1ccccc1CO[C@H]1C[C@]2(C(C)C)C=C[C@@]1(C)O2. The number of rotatable bonds is 4. The molecule has 2 heteroatoms. The van der Waals surface area contributed by atoms with Crippen LogP contribution in [0.3, 0.4) is 0 Å². The highest BCUT2D eigenvalue weighted by Gasteiger charge is 2.57. The van der Waals surface area contributed by atoms with Crippen molar-refractivity contribution in [3.63, 3.8) is 0 Å². The lowest BCUT2D eigenvalue weighted by molar-refractivity contribution is -0.0820. The Balaban J connectivity index is 1.71. The minimum atomic E-state index is -0.257. The van der Waals surface area contributed by atoms with Gasteiger partial charge >= 0.3 is 0 Å². The first kappa shape index (κ1) is 13.8. The summed E-state index contributed by atoms with van der Waals surface area (Å²) in [5.74, 6) is 0.479. The van der Waals surface area contributed by atoms with Crippen LogP contribution in [0.25, 0.3) is 0 Å². The molecule has 20 heavy (non-hydrogen) atoms. The van der Waals surface area contributed by atoms with Crippen LogP contribution in [0, 0.1) is 12.8 Å². The fraction of sp³-hybridized carbons (Fsp3) is 0.556. The maximum absolute atomic E-state index is 6.30. The van der Waals surface area contributed by atoms with Gasteiger partial charge in [-0.1, -0.05) is 50.3 Å². The van der Waals surface area contributed by atoms with E-state index < -0.39 is 0 Å². The molecule has 0 unspecified atom stereocenters. The zero-order valence-corrected chi connectivity index (χ0v) is 12.8. The molecule has 1 aromatic carbocycles. The van der Waals surface area contributed by atoms with E-state index in [0.29, 0.717) is 12.5 Å². The van der Waals surface area contributed by atoms with Gasteiger partial charge in [0.1, 0.15) is 5.60 Å². The summed E-state index contributed by atoms with van der Waals surface area (Å²) in [5.41, 5.74) is 2.18. The van der Waals surface area contributed by atoms with Gasteiger partial charge < -0.3 is 9.47 Å². The van der Waals surface area contributed by atoms with Crippen LogP contribution >= 0.6 is 0 Å². The third-order valence-electron chi connectivity index (χ3n) is 4.93. The minimum absolute atomic E-state index is 0.120. The van der Waals surface area contributed by atoms with Gasteiger partial charge in [0.2, 0.25) is 0 Å². The first-order valence-electron chi connectivity index (χ1n) is 7.52. The Kier molecular flexibility index (Phi) is 3.26. The summed E-state index contributed by atoms with van der Waals surface area (Å²) in [7, 11) is 0. The Bertz CT molecular complexity index is 534. The number of hydrogen-bond donors (Lipinski definition) is 0. The molecule has 3 atom stereocenters. The van der Waals surface area contributed by atoms with Gasteiger partial charge in [-0.05, 0) is 30.9 Å². The topological polar surface area (TPSA) is 18.5 Å². The van der Waals surface area contributed by atoms with E-state index in [1.54, 1.807) is 0 Å². The number of benzene rings is 1. The maximum Gasteiger partial charge on any atom is 0.111 e. The third kappa shape index (κ3) is 2.11. The largest absolute Gasteiger partial charge is 0.370 e. The molecule has 2 bridgehead atoms. The molecule has 2 aliphatic heterocycles. The van der Waals surface area contributed by atoms with Crippen LogP contribution in [0.4, 0.5) is 0 Å². The highest BCUT2D eigenvalue weighted by atomic mass is 16.6. The second-order valence-electron chi connectivity index (χ2n) is 6.66. The second kappa shape index (κ2) is 4.71. The van der Waals surface area contributed by atoms with Crippen LogP contribution in [-0.4, -0.2) is 17.3 Å². The molecule has 108 valence electrons. The lowest BCUT2D eigenvalue weighted by Crippen LogP contribution is -2.35. The van der Waals surface area contributed by atoms with Crippen molar-refractivity contribution in [3.8, 4) is 0 Å². The average Bonchev–Trinajstić information content (AvgIpc) is 2.90. The van der Waals surface area contributed by atoms with E-state index in [1.165, 1.54) is 11.1 Å². The summed E-state index contributed by atoms with van der Waals surface area (Å²) < 4.78 is 12.5. The quantitative estimate of drug-likeness (QED) is 0.771. The molecule has 0 radical (unpaired) electrons. The summed E-state index contributed by atoms with van der Waals surface area (Å²) in [6.45, 7) is 9.38. The molecular weight excluding hydrogens is 248 g/mol. The molecule has 0 spiro atoms. The molecule has 3 rings (SSSR count). The van der Waals surface area contributed by atoms with E-state index in [0.717, 1.165) is 6.42 Å². The molecule has 2 heterocycles. The molecule has 2 nitrogen and oxygen atoms in total. The van der Waals surface area contributed by atoms with Gasteiger partial charge in [-0.15, -0.1) is 0 Å². The van der Waals surface area contributed by atoms with Crippen molar-refractivity contribution in [3.05, 3.63) is 47.5 Å². The van der Waals surface area contributed by atoms with Crippen molar-refractivity contribution >= 4 is 0 Å².